The minimum atomic E-state index is -3.45. The first-order chi connectivity index (χ1) is 4.97. The summed E-state index contributed by atoms with van der Waals surface area (Å²) in [5.41, 5.74) is -0.308. The molecule has 5 heteroatoms. The lowest BCUT2D eigenvalue weighted by molar-refractivity contribution is 0.206. The van der Waals surface area contributed by atoms with Gasteiger partial charge < -0.3 is 0 Å². The normalized spacial score (nSPS) is 36.9. The molecule has 0 saturated carbocycles. The summed E-state index contributed by atoms with van der Waals surface area (Å²) < 4.78 is 28.8. The standard InChI is InChI=1S/C6H13NO3S/c1-3-6(2)4-5-10-11(8,9)7-6/h7H,3-5H2,1-2H3/t6-/m1/s1. The molecule has 0 amide bonds. The molecule has 1 saturated heterocycles. The number of hydrogen-bond acceptors (Lipinski definition) is 3. The summed E-state index contributed by atoms with van der Waals surface area (Å²) in [7, 11) is -3.45. The van der Waals surface area contributed by atoms with Gasteiger partial charge in [-0.2, -0.15) is 13.1 Å². The van der Waals surface area contributed by atoms with Gasteiger partial charge in [0.25, 0.3) is 0 Å². The zero-order valence-corrected chi connectivity index (χ0v) is 7.57. The van der Waals surface area contributed by atoms with Crippen molar-refractivity contribution in [3.63, 3.8) is 0 Å². The molecule has 1 aliphatic rings. The fourth-order valence-electron chi connectivity index (χ4n) is 1.01. The highest BCUT2D eigenvalue weighted by atomic mass is 32.2. The molecule has 1 atom stereocenters. The first-order valence-corrected chi connectivity index (χ1v) is 5.07. The number of nitrogens with one attached hydrogen (secondary N) is 1. The van der Waals surface area contributed by atoms with Gasteiger partial charge in [0.1, 0.15) is 0 Å². The number of rotatable bonds is 1. The molecule has 0 bridgehead atoms. The van der Waals surface area contributed by atoms with Crippen LogP contribution < -0.4 is 4.72 Å². The van der Waals surface area contributed by atoms with Crippen molar-refractivity contribution in [3.05, 3.63) is 0 Å². The molecule has 0 unspecified atom stereocenters. The molecule has 0 aliphatic carbocycles. The van der Waals surface area contributed by atoms with E-state index in [9.17, 15) is 8.42 Å². The maximum absolute atomic E-state index is 10.9. The molecule has 0 aromatic rings. The van der Waals surface area contributed by atoms with Crippen molar-refractivity contribution in [2.75, 3.05) is 6.61 Å². The van der Waals surface area contributed by atoms with Gasteiger partial charge in [0.2, 0.25) is 0 Å². The van der Waals surface area contributed by atoms with Crippen LogP contribution in [0.5, 0.6) is 0 Å². The first kappa shape index (κ1) is 8.96. The van der Waals surface area contributed by atoms with E-state index in [0.717, 1.165) is 12.8 Å². The third-order valence-corrected chi connectivity index (χ3v) is 3.26. The van der Waals surface area contributed by atoms with Crippen LogP contribution in [0, 0.1) is 0 Å². The van der Waals surface area contributed by atoms with Crippen LogP contribution in [0.25, 0.3) is 0 Å². The molecule has 0 spiro atoms. The van der Waals surface area contributed by atoms with E-state index in [1.54, 1.807) is 0 Å². The summed E-state index contributed by atoms with van der Waals surface area (Å²) >= 11 is 0. The first-order valence-electron chi connectivity index (χ1n) is 3.66. The van der Waals surface area contributed by atoms with Gasteiger partial charge >= 0.3 is 10.3 Å². The maximum atomic E-state index is 10.9. The van der Waals surface area contributed by atoms with Gasteiger partial charge in [-0.05, 0) is 19.8 Å². The molecule has 66 valence electrons. The Kier molecular flexibility index (Phi) is 2.22. The van der Waals surface area contributed by atoms with Crippen LogP contribution in [0.15, 0.2) is 0 Å². The zero-order chi connectivity index (χ0) is 8.54. The van der Waals surface area contributed by atoms with Crippen LogP contribution in [0.2, 0.25) is 0 Å². The molecule has 0 aromatic carbocycles. The highest BCUT2D eigenvalue weighted by molar-refractivity contribution is 7.84. The van der Waals surface area contributed by atoms with Crippen molar-refractivity contribution in [1.29, 1.82) is 0 Å². The highest BCUT2D eigenvalue weighted by Gasteiger charge is 2.32. The highest BCUT2D eigenvalue weighted by Crippen LogP contribution is 2.20. The molecular formula is C6H13NO3S. The van der Waals surface area contributed by atoms with Crippen molar-refractivity contribution < 1.29 is 12.6 Å². The van der Waals surface area contributed by atoms with Crippen molar-refractivity contribution >= 4 is 10.3 Å². The summed E-state index contributed by atoms with van der Waals surface area (Å²) in [4.78, 5) is 0. The minimum absolute atomic E-state index is 0.291. The summed E-state index contributed by atoms with van der Waals surface area (Å²) in [6.07, 6.45) is 1.53. The fourth-order valence-corrected chi connectivity index (χ4v) is 2.22. The molecule has 0 radical (unpaired) electrons. The van der Waals surface area contributed by atoms with E-state index >= 15 is 0 Å². The van der Waals surface area contributed by atoms with E-state index in [4.69, 9.17) is 0 Å². The quantitative estimate of drug-likeness (QED) is 0.634. The van der Waals surface area contributed by atoms with Crippen LogP contribution in [-0.2, 0) is 14.5 Å². The topological polar surface area (TPSA) is 55.4 Å². The van der Waals surface area contributed by atoms with E-state index in [1.807, 2.05) is 13.8 Å². The largest absolute Gasteiger partial charge is 0.336 e. The Morgan fingerprint density at radius 3 is 2.64 bits per heavy atom. The van der Waals surface area contributed by atoms with Crippen LogP contribution in [0.1, 0.15) is 26.7 Å². The SMILES string of the molecule is CC[C@]1(C)CCOS(=O)(=O)N1. The third-order valence-electron chi connectivity index (χ3n) is 2.04. The molecule has 1 aliphatic heterocycles. The van der Waals surface area contributed by atoms with E-state index < -0.39 is 10.3 Å². The van der Waals surface area contributed by atoms with Gasteiger partial charge in [0.15, 0.2) is 0 Å². The monoisotopic (exact) mass is 179 g/mol. The molecule has 1 rings (SSSR count). The molecule has 11 heavy (non-hydrogen) atoms. The Morgan fingerprint density at radius 2 is 2.27 bits per heavy atom. The minimum Gasteiger partial charge on any atom is -0.258 e. The zero-order valence-electron chi connectivity index (χ0n) is 6.75. The summed E-state index contributed by atoms with van der Waals surface area (Å²) in [5.74, 6) is 0. The van der Waals surface area contributed by atoms with Gasteiger partial charge in [0.05, 0.1) is 6.61 Å². The predicted molar refractivity (Wildman–Crippen MR) is 41.3 cm³/mol. The molecule has 0 aromatic heterocycles. The Hall–Kier alpha value is -0.130. The second-order valence-corrected chi connectivity index (χ2v) is 4.39. The molecule has 1 fully saturated rings. The summed E-state index contributed by atoms with van der Waals surface area (Å²) in [6, 6.07) is 0. The second-order valence-electron chi connectivity index (χ2n) is 3.04. The van der Waals surface area contributed by atoms with Crippen LogP contribution in [-0.4, -0.2) is 20.6 Å². The van der Waals surface area contributed by atoms with E-state index in [1.165, 1.54) is 0 Å². The van der Waals surface area contributed by atoms with Gasteiger partial charge in [-0.15, -0.1) is 0 Å². The maximum Gasteiger partial charge on any atom is 0.336 e. The average molecular weight is 179 g/mol. The van der Waals surface area contributed by atoms with Crippen molar-refractivity contribution in [1.82, 2.24) is 4.72 Å². The molecule has 4 nitrogen and oxygen atoms in total. The predicted octanol–water partition coefficient (Wildman–Crippen LogP) is 0.410. The van der Waals surface area contributed by atoms with Gasteiger partial charge in [-0.3, -0.25) is 4.18 Å². The lowest BCUT2D eigenvalue weighted by atomic mass is 9.97. The summed E-state index contributed by atoms with van der Waals surface area (Å²) in [6.45, 7) is 4.13. The Morgan fingerprint density at radius 1 is 1.64 bits per heavy atom. The third kappa shape index (κ3) is 2.15. The van der Waals surface area contributed by atoms with Crippen LogP contribution in [0.3, 0.4) is 0 Å². The van der Waals surface area contributed by atoms with Crippen LogP contribution in [0.4, 0.5) is 0 Å². The average Bonchev–Trinajstić information content (AvgIpc) is 1.85. The molecular weight excluding hydrogens is 166 g/mol. The Bertz CT molecular complexity index is 236. The van der Waals surface area contributed by atoms with Gasteiger partial charge in [0, 0.05) is 5.54 Å². The lowest BCUT2D eigenvalue weighted by Gasteiger charge is -2.32. The molecule has 1 heterocycles. The summed E-state index contributed by atoms with van der Waals surface area (Å²) in [5, 5.41) is 0. The van der Waals surface area contributed by atoms with E-state index in [0.29, 0.717) is 6.61 Å². The fraction of sp³-hybridized carbons (Fsp3) is 1.00. The van der Waals surface area contributed by atoms with Crippen molar-refractivity contribution in [2.45, 2.75) is 32.2 Å². The van der Waals surface area contributed by atoms with Crippen molar-refractivity contribution in [3.8, 4) is 0 Å². The van der Waals surface area contributed by atoms with E-state index in [-0.39, 0.29) is 5.54 Å². The lowest BCUT2D eigenvalue weighted by Crippen LogP contribution is -2.50. The van der Waals surface area contributed by atoms with Crippen LogP contribution >= 0.6 is 0 Å². The Labute approximate surface area is 67.2 Å². The van der Waals surface area contributed by atoms with Crippen molar-refractivity contribution in [2.24, 2.45) is 0 Å². The molecule has 1 N–H and O–H groups in total. The number of hydrogen-bond donors (Lipinski definition) is 1. The smallest absolute Gasteiger partial charge is 0.258 e. The van der Waals surface area contributed by atoms with E-state index in [2.05, 4.69) is 8.91 Å². The van der Waals surface area contributed by atoms with Gasteiger partial charge in [-0.25, -0.2) is 0 Å². The Balaban J connectivity index is 2.75. The second kappa shape index (κ2) is 2.73. The van der Waals surface area contributed by atoms with Gasteiger partial charge in [-0.1, -0.05) is 6.92 Å².